The van der Waals surface area contributed by atoms with Gasteiger partial charge in [0, 0.05) is 11.4 Å². The summed E-state index contributed by atoms with van der Waals surface area (Å²) in [5, 5.41) is 4.72. The molecule has 0 aliphatic carbocycles. The predicted octanol–water partition coefficient (Wildman–Crippen LogP) is 3.77. The van der Waals surface area contributed by atoms with Crippen LogP contribution in [0.3, 0.4) is 0 Å². The lowest BCUT2D eigenvalue weighted by Crippen LogP contribution is -2.20. The summed E-state index contributed by atoms with van der Waals surface area (Å²) in [6.45, 7) is 0.240. The van der Waals surface area contributed by atoms with E-state index in [-0.39, 0.29) is 6.54 Å². The summed E-state index contributed by atoms with van der Waals surface area (Å²) in [6, 6.07) is 12.1. The first-order valence-corrected chi connectivity index (χ1v) is 6.25. The van der Waals surface area contributed by atoms with Crippen LogP contribution in [0.25, 0.3) is 10.4 Å². The second kappa shape index (κ2) is 5.89. The molecule has 2 rings (SSSR count). The molecule has 0 saturated carbocycles. The molecule has 1 aromatic carbocycles. The van der Waals surface area contributed by atoms with E-state index >= 15 is 0 Å². The minimum Gasteiger partial charge on any atom is -0.307 e. The minimum absolute atomic E-state index is 0.253. The molecule has 0 radical (unpaired) electrons. The Morgan fingerprint density at radius 3 is 2.65 bits per heavy atom. The normalized spacial score (nSPS) is 11.0. The van der Waals surface area contributed by atoms with E-state index in [9.17, 15) is 8.78 Å². The van der Waals surface area contributed by atoms with Gasteiger partial charge in [-0.05, 0) is 22.6 Å². The largest absolute Gasteiger partial charge is 0.307 e. The van der Waals surface area contributed by atoms with Gasteiger partial charge in [0.2, 0.25) is 0 Å². The molecule has 0 amide bonds. The fourth-order valence-corrected chi connectivity index (χ4v) is 2.47. The highest BCUT2D eigenvalue weighted by atomic mass is 32.1. The van der Waals surface area contributed by atoms with Crippen LogP contribution in [0.15, 0.2) is 41.8 Å². The van der Waals surface area contributed by atoms with Crippen molar-refractivity contribution in [1.29, 1.82) is 0 Å². The van der Waals surface area contributed by atoms with Crippen molar-refractivity contribution in [3.63, 3.8) is 0 Å². The van der Waals surface area contributed by atoms with Crippen molar-refractivity contribution in [2.75, 3.05) is 6.54 Å². The summed E-state index contributed by atoms with van der Waals surface area (Å²) in [5.41, 5.74) is 2.21. The van der Waals surface area contributed by atoms with E-state index in [0.717, 1.165) is 11.1 Å². The number of thiophene rings is 1. The third-order valence-electron chi connectivity index (χ3n) is 2.34. The number of nitrogens with one attached hydrogen (secondary N) is 1. The highest BCUT2D eigenvalue weighted by Gasteiger charge is 2.04. The molecule has 0 aliphatic rings. The van der Waals surface area contributed by atoms with Gasteiger partial charge in [-0.2, -0.15) is 0 Å². The van der Waals surface area contributed by atoms with E-state index in [2.05, 4.69) is 5.32 Å². The molecule has 1 aromatic heterocycles. The smallest absolute Gasteiger partial charge is 0.250 e. The first-order chi connectivity index (χ1) is 8.25. The number of rotatable bonds is 5. The van der Waals surface area contributed by atoms with Crippen molar-refractivity contribution in [3.8, 4) is 10.4 Å². The van der Waals surface area contributed by atoms with Crippen LogP contribution in [0.2, 0.25) is 0 Å². The van der Waals surface area contributed by atoms with Gasteiger partial charge in [0.25, 0.3) is 6.43 Å². The van der Waals surface area contributed by atoms with Gasteiger partial charge in [0.1, 0.15) is 0 Å². The molecule has 0 unspecified atom stereocenters. The molecule has 0 atom stereocenters. The van der Waals surface area contributed by atoms with Crippen molar-refractivity contribution in [3.05, 3.63) is 47.3 Å². The van der Waals surface area contributed by atoms with Gasteiger partial charge >= 0.3 is 0 Å². The third kappa shape index (κ3) is 3.61. The Hall–Kier alpha value is -1.26. The SMILES string of the molecule is FC(F)CNCc1csc(-c2ccccc2)c1. The molecule has 4 heteroatoms. The minimum atomic E-state index is -2.29. The van der Waals surface area contributed by atoms with Crippen LogP contribution in [0.5, 0.6) is 0 Å². The highest BCUT2D eigenvalue weighted by Crippen LogP contribution is 2.26. The summed E-state index contributed by atoms with van der Waals surface area (Å²) in [4.78, 5) is 1.17. The summed E-state index contributed by atoms with van der Waals surface area (Å²) in [7, 11) is 0. The number of benzene rings is 1. The fraction of sp³-hybridized carbons (Fsp3) is 0.231. The van der Waals surface area contributed by atoms with E-state index in [1.165, 1.54) is 4.88 Å². The van der Waals surface area contributed by atoms with Crippen LogP contribution in [0, 0.1) is 0 Å². The van der Waals surface area contributed by atoms with Crippen molar-refractivity contribution in [2.45, 2.75) is 13.0 Å². The van der Waals surface area contributed by atoms with Crippen LogP contribution in [0.4, 0.5) is 8.78 Å². The number of hydrogen-bond acceptors (Lipinski definition) is 2. The lowest BCUT2D eigenvalue weighted by Gasteiger charge is -2.01. The molecule has 0 fully saturated rings. The molecule has 0 bridgehead atoms. The Labute approximate surface area is 103 Å². The second-order valence-electron chi connectivity index (χ2n) is 3.71. The summed E-state index contributed by atoms with van der Waals surface area (Å²) < 4.78 is 23.9. The van der Waals surface area contributed by atoms with Crippen molar-refractivity contribution in [1.82, 2.24) is 5.32 Å². The van der Waals surface area contributed by atoms with Crippen LogP contribution in [0.1, 0.15) is 5.56 Å². The molecule has 0 saturated heterocycles. The summed E-state index contributed by atoms with van der Waals surface area (Å²) >= 11 is 1.63. The van der Waals surface area contributed by atoms with Crippen molar-refractivity contribution >= 4 is 11.3 Å². The van der Waals surface area contributed by atoms with Gasteiger partial charge in [-0.25, -0.2) is 8.78 Å². The monoisotopic (exact) mass is 253 g/mol. The standard InChI is InChI=1S/C13H13F2NS/c14-13(15)8-16-7-10-6-12(17-9-10)11-4-2-1-3-5-11/h1-6,9,13,16H,7-8H2. The number of halogens is 2. The number of alkyl halides is 2. The van der Waals surface area contributed by atoms with Crippen molar-refractivity contribution in [2.24, 2.45) is 0 Å². The zero-order chi connectivity index (χ0) is 12.1. The molecule has 1 N–H and O–H groups in total. The van der Waals surface area contributed by atoms with E-state index < -0.39 is 6.43 Å². The maximum atomic E-state index is 11.9. The Morgan fingerprint density at radius 2 is 1.94 bits per heavy atom. The third-order valence-corrected chi connectivity index (χ3v) is 3.37. The van der Waals surface area contributed by atoms with E-state index in [4.69, 9.17) is 0 Å². The maximum absolute atomic E-state index is 11.9. The first-order valence-electron chi connectivity index (χ1n) is 5.37. The van der Waals surface area contributed by atoms with Gasteiger partial charge in [-0.15, -0.1) is 11.3 Å². The zero-order valence-corrected chi connectivity index (χ0v) is 10.0. The molecule has 1 heterocycles. The average molecular weight is 253 g/mol. The molecule has 0 spiro atoms. The lowest BCUT2D eigenvalue weighted by atomic mass is 10.2. The van der Waals surface area contributed by atoms with Crippen molar-refractivity contribution < 1.29 is 8.78 Å². The second-order valence-corrected chi connectivity index (χ2v) is 4.62. The van der Waals surface area contributed by atoms with E-state index in [1.807, 2.05) is 41.8 Å². The van der Waals surface area contributed by atoms with Crippen LogP contribution < -0.4 is 5.32 Å². The predicted molar refractivity (Wildman–Crippen MR) is 67.5 cm³/mol. The van der Waals surface area contributed by atoms with Gasteiger partial charge in [-0.3, -0.25) is 0 Å². The van der Waals surface area contributed by atoms with E-state index in [1.54, 1.807) is 11.3 Å². The Morgan fingerprint density at radius 1 is 1.18 bits per heavy atom. The molecule has 1 nitrogen and oxygen atoms in total. The lowest BCUT2D eigenvalue weighted by molar-refractivity contribution is 0.145. The summed E-state index contributed by atoms with van der Waals surface area (Å²) in [5.74, 6) is 0. The Bertz CT molecular complexity index is 453. The molecular formula is C13H13F2NS. The maximum Gasteiger partial charge on any atom is 0.250 e. The van der Waals surface area contributed by atoms with Crippen LogP contribution in [-0.4, -0.2) is 13.0 Å². The first kappa shape index (κ1) is 12.2. The van der Waals surface area contributed by atoms with Crippen LogP contribution in [-0.2, 0) is 6.54 Å². The van der Waals surface area contributed by atoms with E-state index in [0.29, 0.717) is 6.54 Å². The topological polar surface area (TPSA) is 12.0 Å². The number of hydrogen-bond donors (Lipinski definition) is 1. The molecular weight excluding hydrogens is 240 g/mol. The average Bonchev–Trinajstić information content (AvgIpc) is 2.78. The molecule has 2 aromatic rings. The molecule has 17 heavy (non-hydrogen) atoms. The van der Waals surface area contributed by atoms with Crippen LogP contribution >= 0.6 is 11.3 Å². The fourth-order valence-electron chi connectivity index (χ4n) is 1.55. The van der Waals surface area contributed by atoms with Gasteiger partial charge in [0.05, 0.1) is 6.54 Å². The van der Waals surface area contributed by atoms with Gasteiger partial charge < -0.3 is 5.32 Å². The highest BCUT2D eigenvalue weighted by molar-refractivity contribution is 7.13. The zero-order valence-electron chi connectivity index (χ0n) is 9.20. The quantitative estimate of drug-likeness (QED) is 0.855. The van der Waals surface area contributed by atoms with Gasteiger partial charge in [0.15, 0.2) is 0 Å². The Kier molecular flexibility index (Phi) is 4.23. The van der Waals surface area contributed by atoms with Gasteiger partial charge in [-0.1, -0.05) is 30.3 Å². The molecule has 90 valence electrons. The molecule has 0 aliphatic heterocycles. The Balaban J connectivity index is 1.97. The summed E-state index contributed by atoms with van der Waals surface area (Å²) in [6.07, 6.45) is -2.29.